The molecule has 19 heavy (non-hydrogen) atoms. The van der Waals surface area contributed by atoms with E-state index in [9.17, 15) is 12.8 Å². The van der Waals surface area contributed by atoms with E-state index in [0.29, 0.717) is 12.1 Å². The molecule has 1 N–H and O–H groups in total. The molecule has 0 heterocycles. The molecule has 1 rings (SSSR count). The van der Waals surface area contributed by atoms with Crippen molar-refractivity contribution >= 4 is 10.0 Å². The Hall–Kier alpha value is -0.980. The lowest BCUT2D eigenvalue weighted by Gasteiger charge is -2.20. The zero-order chi connectivity index (χ0) is 14.6. The first-order valence-corrected chi connectivity index (χ1v) is 7.62. The zero-order valence-electron chi connectivity index (χ0n) is 11.4. The summed E-state index contributed by atoms with van der Waals surface area (Å²) in [6, 6.07) is 3.65. The molecule has 0 amide bonds. The molecule has 0 aliphatic heterocycles. The lowest BCUT2D eigenvalue weighted by molar-refractivity contribution is 0.281. The Labute approximate surface area is 113 Å². The Balaban J connectivity index is 3.06. The molecule has 1 aromatic rings. The molecule has 6 heteroatoms. The fourth-order valence-corrected chi connectivity index (χ4v) is 3.02. The van der Waals surface area contributed by atoms with Crippen molar-refractivity contribution in [3.63, 3.8) is 0 Å². The van der Waals surface area contributed by atoms with Gasteiger partial charge in [0.25, 0.3) is 0 Å². The summed E-state index contributed by atoms with van der Waals surface area (Å²) in [7, 11) is -2.38. The van der Waals surface area contributed by atoms with Crippen LogP contribution >= 0.6 is 0 Å². The standard InChI is InChI=1S/C13H20FNO3S/c1-4-10(2)8-15(3)19(17,18)13-6-5-11(9-16)7-12(13)14/h5-7,10,16H,4,8-9H2,1-3H3. The number of hydrogen-bond donors (Lipinski definition) is 1. The average Bonchev–Trinajstić information content (AvgIpc) is 2.37. The summed E-state index contributed by atoms with van der Waals surface area (Å²) in [5.74, 6) is -0.623. The van der Waals surface area contributed by atoms with E-state index in [2.05, 4.69) is 0 Å². The molecule has 4 nitrogen and oxygen atoms in total. The van der Waals surface area contributed by atoms with Gasteiger partial charge in [0.2, 0.25) is 10.0 Å². The molecule has 108 valence electrons. The molecule has 0 spiro atoms. The van der Waals surface area contributed by atoms with Gasteiger partial charge in [0.15, 0.2) is 0 Å². The maximum absolute atomic E-state index is 13.8. The highest BCUT2D eigenvalue weighted by molar-refractivity contribution is 7.89. The van der Waals surface area contributed by atoms with Gasteiger partial charge < -0.3 is 5.11 Å². The smallest absolute Gasteiger partial charge is 0.245 e. The van der Waals surface area contributed by atoms with Crippen LogP contribution in [0.5, 0.6) is 0 Å². The van der Waals surface area contributed by atoms with Crippen molar-refractivity contribution in [1.29, 1.82) is 0 Å². The van der Waals surface area contributed by atoms with Crippen molar-refractivity contribution in [2.24, 2.45) is 5.92 Å². The third kappa shape index (κ3) is 3.75. The first-order valence-electron chi connectivity index (χ1n) is 6.18. The highest BCUT2D eigenvalue weighted by Gasteiger charge is 2.25. The van der Waals surface area contributed by atoms with Crippen LogP contribution in [0.2, 0.25) is 0 Å². The van der Waals surface area contributed by atoms with Crippen LogP contribution in [-0.2, 0) is 16.6 Å². The quantitative estimate of drug-likeness (QED) is 0.871. The number of rotatable bonds is 6. The Morgan fingerprint density at radius 1 is 1.42 bits per heavy atom. The summed E-state index contributed by atoms with van der Waals surface area (Å²) in [5, 5.41) is 8.89. The summed E-state index contributed by atoms with van der Waals surface area (Å²) in [6.45, 7) is 3.94. The summed E-state index contributed by atoms with van der Waals surface area (Å²) in [6.07, 6.45) is 0.853. The molecular weight excluding hydrogens is 269 g/mol. The molecule has 0 saturated carbocycles. The summed E-state index contributed by atoms with van der Waals surface area (Å²) < 4.78 is 39.4. The third-order valence-electron chi connectivity index (χ3n) is 3.13. The van der Waals surface area contributed by atoms with Gasteiger partial charge in [0.1, 0.15) is 10.7 Å². The Bertz CT molecular complexity index is 531. The molecule has 0 saturated heterocycles. The number of aliphatic hydroxyl groups excluding tert-OH is 1. The first kappa shape index (κ1) is 16.1. The van der Waals surface area contributed by atoms with Gasteiger partial charge in [0.05, 0.1) is 6.61 Å². The fourth-order valence-electron chi connectivity index (χ4n) is 1.69. The normalized spacial score (nSPS) is 13.8. The summed E-state index contributed by atoms with van der Waals surface area (Å²) >= 11 is 0. The van der Waals surface area contributed by atoms with E-state index < -0.39 is 15.8 Å². The van der Waals surface area contributed by atoms with Gasteiger partial charge >= 0.3 is 0 Å². The van der Waals surface area contributed by atoms with E-state index in [1.54, 1.807) is 0 Å². The van der Waals surface area contributed by atoms with E-state index in [1.165, 1.54) is 19.2 Å². The molecular formula is C13H20FNO3S. The van der Waals surface area contributed by atoms with E-state index >= 15 is 0 Å². The molecule has 0 radical (unpaired) electrons. The lowest BCUT2D eigenvalue weighted by Crippen LogP contribution is -2.31. The second kappa shape index (κ2) is 6.45. The fraction of sp³-hybridized carbons (Fsp3) is 0.538. The Kier molecular flexibility index (Phi) is 5.46. The molecule has 1 unspecified atom stereocenters. The van der Waals surface area contributed by atoms with Crippen molar-refractivity contribution in [2.45, 2.75) is 31.8 Å². The molecule has 0 aliphatic rings. The van der Waals surface area contributed by atoms with Gasteiger partial charge in [-0.2, -0.15) is 0 Å². The average molecular weight is 289 g/mol. The van der Waals surface area contributed by atoms with Gasteiger partial charge in [-0.3, -0.25) is 0 Å². The minimum atomic E-state index is -3.82. The van der Waals surface area contributed by atoms with Crippen molar-refractivity contribution in [2.75, 3.05) is 13.6 Å². The predicted molar refractivity (Wildman–Crippen MR) is 71.6 cm³/mol. The number of sulfonamides is 1. The second-order valence-corrected chi connectivity index (χ2v) is 6.74. The van der Waals surface area contributed by atoms with Crippen LogP contribution in [0, 0.1) is 11.7 Å². The van der Waals surface area contributed by atoms with Gasteiger partial charge in [-0.15, -0.1) is 0 Å². The lowest BCUT2D eigenvalue weighted by atomic mass is 10.1. The molecule has 1 atom stereocenters. The van der Waals surface area contributed by atoms with E-state index in [4.69, 9.17) is 5.11 Å². The number of benzene rings is 1. The highest BCUT2D eigenvalue weighted by Crippen LogP contribution is 2.20. The van der Waals surface area contributed by atoms with Gasteiger partial charge in [-0.05, 0) is 23.6 Å². The van der Waals surface area contributed by atoms with Crippen molar-refractivity contribution < 1.29 is 17.9 Å². The van der Waals surface area contributed by atoms with Crippen LogP contribution in [0.4, 0.5) is 4.39 Å². The number of halogens is 1. The number of hydrogen-bond acceptors (Lipinski definition) is 3. The largest absolute Gasteiger partial charge is 0.392 e. The van der Waals surface area contributed by atoms with Crippen LogP contribution in [0.3, 0.4) is 0 Å². The topological polar surface area (TPSA) is 57.6 Å². The Morgan fingerprint density at radius 2 is 2.05 bits per heavy atom. The molecule has 1 aromatic carbocycles. The predicted octanol–water partition coefficient (Wildman–Crippen LogP) is 1.98. The number of aliphatic hydroxyl groups is 1. The maximum Gasteiger partial charge on any atom is 0.245 e. The molecule has 0 fully saturated rings. The van der Waals surface area contributed by atoms with Crippen LogP contribution in [0.15, 0.2) is 23.1 Å². The van der Waals surface area contributed by atoms with Gasteiger partial charge in [0, 0.05) is 13.6 Å². The summed E-state index contributed by atoms with van der Waals surface area (Å²) in [5.41, 5.74) is 0.348. The van der Waals surface area contributed by atoms with Crippen LogP contribution in [-0.4, -0.2) is 31.4 Å². The summed E-state index contributed by atoms with van der Waals surface area (Å²) in [4.78, 5) is -0.351. The van der Waals surface area contributed by atoms with Crippen LogP contribution in [0.1, 0.15) is 25.8 Å². The highest BCUT2D eigenvalue weighted by atomic mass is 32.2. The SMILES string of the molecule is CCC(C)CN(C)S(=O)(=O)c1ccc(CO)cc1F. The van der Waals surface area contributed by atoms with Crippen LogP contribution in [0.25, 0.3) is 0 Å². The molecule has 0 bridgehead atoms. The van der Waals surface area contributed by atoms with Gasteiger partial charge in [-0.1, -0.05) is 26.3 Å². The third-order valence-corrected chi connectivity index (χ3v) is 4.99. The first-order chi connectivity index (χ1) is 8.82. The maximum atomic E-state index is 13.8. The van der Waals surface area contributed by atoms with E-state index in [-0.39, 0.29) is 17.4 Å². The van der Waals surface area contributed by atoms with Crippen LogP contribution < -0.4 is 0 Å². The second-order valence-electron chi connectivity index (χ2n) is 4.72. The van der Waals surface area contributed by atoms with Crippen molar-refractivity contribution in [3.05, 3.63) is 29.6 Å². The minimum absolute atomic E-state index is 0.208. The van der Waals surface area contributed by atoms with Crippen molar-refractivity contribution in [3.8, 4) is 0 Å². The minimum Gasteiger partial charge on any atom is -0.392 e. The molecule has 0 aromatic heterocycles. The van der Waals surface area contributed by atoms with Gasteiger partial charge in [-0.25, -0.2) is 17.1 Å². The molecule has 0 aliphatic carbocycles. The monoisotopic (exact) mass is 289 g/mol. The van der Waals surface area contributed by atoms with Crippen molar-refractivity contribution in [1.82, 2.24) is 4.31 Å². The van der Waals surface area contributed by atoms with E-state index in [0.717, 1.165) is 16.8 Å². The Morgan fingerprint density at radius 3 is 2.53 bits per heavy atom. The number of nitrogens with zero attached hydrogens (tertiary/aromatic N) is 1. The van der Waals surface area contributed by atoms with E-state index in [1.807, 2.05) is 13.8 Å². The zero-order valence-corrected chi connectivity index (χ0v) is 12.2.